The van der Waals surface area contributed by atoms with Crippen LogP contribution in [-0.2, 0) is 9.59 Å². The molecule has 0 saturated carbocycles. The van der Waals surface area contributed by atoms with Crippen LogP contribution in [-0.4, -0.2) is 34.7 Å². The van der Waals surface area contributed by atoms with Gasteiger partial charge in [0.05, 0.1) is 11.8 Å². The van der Waals surface area contributed by atoms with Gasteiger partial charge < -0.3 is 15.5 Å². The van der Waals surface area contributed by atoms with Crippen LogP contribution in [0.2, 0.25) is 0 Å². The third-order valence-electron chi connectivity index (χ3n) is 3.40. The van der Waals surface area contributed by atoms with Crippen LogP contribution >= 0.6 is 0 Å². The average molecular weight is 255 g/mol. The third-order valence-corrected chi connectivity index (χ3v) is 3.40. The zero-order chi connectivity index (χ0) is 13.5. The average Bonchev–Trinajstić information content (AvgIpc) is 2.38. The molecule has 3 N–H and O–H groups in total. The van der Waals surface area contributed by atoms with E-state index < -0.39 is 17.8 Å². The van der Waals surface area contributed by atoms with E-state index in [0.29, 0.717) is 19.3 Å². The fourth-order valence-corrected chi connectivity index (χ4v) is 2.22. The summed E-state index contributed by atoms with van der Waals surface area (Å²) in [6.45, 7) is 1.95. The standard InChI is InChI=1S/C13H21NO4/c1-2-9(7-8-15)14-12(16)10-5-3-4-6-11(10)13(17)18/h3-4,9-11,15H,2,5-8H2,1H3,(H,14,16)(H,17,18). The quantitative estimate of drug-likeness (QED) is 0.616. The van der Waals surface area contributed by atoms with Gasteiger partial charge in [-0.2, -0.15) is 0 Å². The Bertz CT molecular complexity index is 327. The van der Waals surface area contributed by atoms with E-state index >= 15 is 0 Å². The summed E-state index contributed by atoms with van der Waals surface area (Å²) in [7, 11) is 0. The molecule has 1 aliphatic carbocycles. The first kappa shape index (κ1) is 14.7. The number of aliphatic carboxylic acids is 1. The van der Waals surface area contributed by atoms with Crippen molar-refractivity contribution < 1.29 is 19.8 Å². The van der Waals surface area contributed by atoms with Gasteiger partial charge in [-0.3, -0.25) is 9.59 Å². The fourth-order valence-electron chi connectivity index (χ4n) is 2.22. The van der Waals surface area contributed by atoms with Gasteiger partial charge in [0.25, 0.3) is 0 Å². The summed E-state index contributed by atoms with van der Waals surface area (Å²) in [4.78, 5) is 23.2. The summed E-state index contributed by atoms with van der Waals surface area (Å²) < 4.78 is 0. The van der Waals surface area contributed by atoms with Gasteiger partial charge in [-0.25, -0.2) is 0 Å². The van der Waals surface area contributed by atoms with Crippen molar-refractivity contribution in [2.75, 3.05) is 6.61 Å². The van der Waals surface area contributed by atoms with Crippen molar-refractivity contribution in [1.82, 2.24) is 5.32 Å². The van der Waals surface area contributed by atoms with Gasteiger partial charge in [-0.15, -0.1) is 0 Å². The van der Waals surface area contributed by atoms with E-state index in [-0.39, 0.29) is 18.6 Å². The first-order valence-electron chi connectivity index (χ1n) is 6.39. The molecular weight excluding hydrogens is 234 g/mol. The molecule has 0 aliphatic heterocycles. The predicted molar refractivity (Wildman–Crippen MR) is 66.9 cm³/mol. The Morgan fingerprint density at radius 2 is 1.94 bits per heavy atom. The van der Waals surface area contributed by atoms with Gasteiger partial charge in [0.2, 0.25) is 5.91 Å². The highest BCUT2D eigenvalue weighted by molar-refractivity contribution is 5.85. The van der Waals surface area contributed by atoms with Crippen LogP contribution in [0.15, 0.2) is 12.2 Å². The Labute approximate surface area is 107 Å². The van der Waals surface area contributed by atoms with Gasteiger partial charge in [0.1, 0.15) is 0 Å². The molecule has 5 nitrogen and oxygen atoms in total. The molecule has 0 spiro atoms. The second-order valence-corrected chi connectivity index (χ2v) is 4.62. The summed E-state index contributed by atoms with van der Waals surface area (Å²) in [5.41, 5.74) is 0. The van der Waals surface area contributed by atoms with Crippen LogP contribution in [0.1, 0.15) is 32.6 Å². The molecule has 18 heavy (non-hydrogen) atoms. The lowest BCUT2D eigenvalue weighted by atomic mass is 9.82. The van der Waals surface area contributed by atoms with Crippen molar-refractivity contribution in [1.29, 1.82) is 0 Å². The molecule has 3 unspecified atom stereocenters. The number of aliphatic hydroxyl groups excluding tert-OH is 1. The minimum absolute atomic E-state index is 0.0196. The van der Waals surface area contributed by atoms with E-state index in [1.165, 1.54) is 0 Å². The third kappa shape index (κ3) is 3.84. The minimum atomic E-state index is -0.922. The topological polar surface area (TPSA) is 86.6 Å². The van der Waals surface area contributed by atoms with Crippen LogP contribution in [0.25, 0.3) is 0 Å². The molecule has 0 bridgehead atoms. The molecule has 0 aromatic rings. The number of hydrogen-bond donors (Lipinski definition) is 3. The summed E-state index contributed by atoms with van der Waals surface area (Å²) in [6.07, 6.45) is 5.78. The maximum absolute atomic E-state index is 12.1. The van der Waals surface area contributed by atoms with Gasteiger partial charge in [-0.1, -0.05) is 19.1 Å². The maximum Gasteiger partial charge on any atom is 0.307 e. The van der Waals surface area contributed by atoms with E-state index in [1.807, 2.05) is 19.1 Å². The number of carbonyl (C=O) groups is 2. The monoisotopic (exact) mass is 255 g/mol. The molecule has 0 saturated heterocycles. The lowest BCUT2D eigenvalue weighted by molar-refractivity contribution is -0.147. The summed E-state index contributed by atoms with van der Waals surface area (Å²) in [6, 6.07) is -0.0807. The van der Waals surface area contributed by atoms with E-state index in [0.717, 1.165) is 6.42 Å². The SMILES string of the molecule is CCC(CCO)NC(=O)C1CC=CCC1C(=O)O. The van der Waals surface area contributed by atoms with Gasteiger partial charge in [0.15, 0.2) is 0 Å². The Balaban J connectivity index is 2.63. The number of hydrogen-bond acceptors (Lipinski definition) is 3. The molecule has 5 heteroatoms. The number of carbonyl (C=O) groups excluding carboxylic acids is 1. The molecule has 0 aromatic heterocycles. The lowest BCUT2D eigenvalue weighted by Crippen LogP contribution is -2.43. The molecule has 102 valence electrons. The Morgan fingerprint density at radius 1 is 1.33 bits per heavy atom. The van der Waals surface area contributed by atoms with Crippen LogP contribution < -0.4 is 5.32 Å². The molecule has 0 heterocycles. The Hall–Kier alpha value is -1.36. The molecule has 0 aromatic carbocycles. The molecule has 0 fully saturated rings. The highest BCUT2D eigenvalue weighted by Crippen LogP contribution is 2.26. The zero-order valence-corrected chi connectivity index (χ0v) is 10.6. The van der Waals surface area contributed by atoms with Gasteiger partial charge in [0, 0.05) is 12.6 Å². The summed E-state index contributed by atoms with van der Waals surface area (Å²) in [5.74, 6) is -2.27. The molecule has 0 radical (unpaired) electrons. The van der Waals surface area contributed by atoms with E-state index in [2.05, 4.69) is 5.32 Å². The fraction of sp³-hybridized carbons (Fsp3) is 0.692. The Kier molecular flexibility index (Phi) is 5.85. The van der Waals surface area contributed by atoms with Crippen molar-refractivity contribution in [2.45, 2.75) is 38.6 Å². The van der Waals surface area contributed by atoms with Crippen LogP contribution in [0, 0.1) is 11.8 Å². The first-order valence-corrected chi connectivity index (χ1v) is 6.39. The van der Waals surface area contributed by atoms with Crippen LogP contribution in [0.4, 0.5) is 0 Å². The second kappa shape index (κ2) is 7.16. The number of amides is 1. The largest absolute Gasteiger partial charge is 0.481 e. The smallest absolute Gasteiger partial charge is 0.307 e. The Morgan fingerprint density at radius 3 is 2.44 bits per heavy atom. The van der Waals surface area contributed by atoms with Gasteiger partial charge in [-0.05, 0) is 25.7 Å². The van der Waals surface area contributed by atoms with Crippen molar-refractivity contribution in [3.8, 4) is 0 Å². The predicted octanol–water partition coefficient (Wildman–Crippen LogP) is 0.931. The van der Waals surface area contributed by atoms with Crippen molar-refractivity contribution >= 4 is 11.9 Å². The highest BCUT2D eigenvalue weighted by atomic mass is 16.4. The van der Waals surface area contributed by atoms with Crippen molar-refractivity contribution in [3.63, 3.8) is 0 Å². The molecule has 1 aliphatic rings. The zero-order valence-electron chi connectivity index (χ0n) is 10.6. The first-order chi connectivity index (χ1) is 8.60. The number of aliphatic hydroxyl groups is 1. The lowest BCUT2D eigenvalue weighted by Gasteiger charge is -2.26. The molecule has 1 rings (SSSR count). The number of carboxylic acids is 1. The number of carboxylic acid groups (broad SMARTS) is 1. The van der Waals surface area contributed by atoms with E-state index in [4.69, 9.17) is 10.2 Å². The minimum Gasteiger partial charge on any atom is -0.481 e. The van der Waals surface area contributed by atoms with Crippen LogP contribution in [0.3, 0.4) is 0 Å². The molecule has 1 amide bonds. The second-order valence-electron chi connectivity index (χ2n) is 4.62. The summed E-state index contributed by atoms with van der Waals surface area (Å²) in [5, 5.41) is 20.8. The van der Waals surface area contributed by atoms with Crippen molar-refractivity contribution in [3.05, 3.63) is 12.2 Å². The van der Waals surface area contributed by atoms with E-state index in [9.17, 15) is 9.59 Å². The number of rotatable bonds is 6. The summed E-state index contributed by atoms with van der Waals surface area (Å²) >= 11 is 0. The van der Waals surface area contributed by atoms with Crippen molar-refractivity contribution in [2.24, 2.45) is 11.8 Å². The highest BCUT2D eigenvalue weighted by Gasteiger charge is 2.34. The molecule has 3 atom stereocenters. The number of allylic oxidation sites excluding steroid dienone is 2. The van der Waals surface area contributed by atoms with E-state index in [1.54, 1.807) is 0 Å². The number of nitrogens with one attached hydrogen (secondary N) is 1. The van der Waals surface area contributed by atoms with Gasteiger partial charge >= 0.3 is 5.97 Å². The maximum atomic E-state index is 12.1. The molecular formula is C13H21NO4. The normalized spacial score (nSPS) is 24.6. The van der Waals surface area contributed by atoms with Crippen LogP contribution in [0.5, 0.6) is 0 Å².